The van der Waals surface area contributed by atoms with Crippen LogP contribution in [0, 0.1) is 6.92 Å². The average Bonchev–Trinajstić information content (AvgIpc) is 2.88. The molecule has 26 heavy (non-hydrogen) atoms. The van der Waals surface area contributed by atoms with Crippen molar-refractivity contribution in [3.63, 3.8) is 0 Å². The van der Waals surface area contributed by atoms with E-state index in [1.54, 1.807) is 0 Å². The number of urea groups is 1. The maximum atomic E-state index is 12.4. The Hall–Kier alpha value is -2.41. The lowest BCUT2D eigenvalue weighted by atomic mass is 10.2. The molecular weight excluding hydrogens is 348 g/mol. The number of rotatable bonds is 4. The zero-order valence-corrected chi connectivity index (χ0v) is 15.8. The summed E-state index contributed by atoms with van der Waals surface area (Å²) in [5.41, 5.74) is 2.56. The lowest BCUT2D eigenvalue weighted by Gasteiger charge is -2.19. The van der Waals surface area contributed by atoms with Crippen molar-refractivity contribution in [3.8, 4) is 0 Å². The van der Waals surface area contributed by atoms with Crippen molar-refractivity contribution >= 4 is 34.1 Å². The number of nitrogens with zero attached hydrogens (tertiary/aromatic N) is 2. The number of amides is 3. The van der Waals surface area contributed by atoms with Gasteiger partial charge in [-0.05, 0) is 31.9 Å². The minimum absolute atomic E-state index is 0.118. The fourth-order valence-corrected chi connectivity index (χ4v) is 3.63. The second-order valence-electron chi connectivity index (χ2n) is 6.56. The first kappa shape index (κ1) is 18.4. The smallest absolute Gasteiger partial charge is 0.325 e. The molecule has 0 aliphatic carbocycles. The van der Waals surface area contributed by atoms with Crippen molar-refractivity contribution < 1.29 is 9.59 Å². The molecule has 6 nitrogen and oxygen atoms in total. The number of hydrogen-bond acceptors (Lipinski definition) is 4. The Balaban J connectivity index is 1.51. The van der Waals surface area contributed by atoms with E-state index in [0.717, 1.165) is 37.2 Å². The predicted molar refractivity (Wildman–Crippen MR) is 105 cm³/mol. The van der Waals surface area contributed by atoms with Gasteiger partial charge >= 0.3 is 6.03 Å². The third-order valence-corrected chi connectivity index (χ3v) is 5.18. The monoisotopic (exact) mass is 372 g/mol. The Bertz CT molecular complexity index is 749. The highest BCUT2D eigenvalue weighted by Gasteiger charge is 2.17. The molecule has 1 aliphatic heterocycles. The van der Waals surface area contributed by atoms with Crippen molar-refractivity contribution in [2.24, 2.45) is 0 Å². The van der Waals surface area contributed by atoms with Gasteiger partial charge in [0, 0.05) is 24.2 Å². The van der Waals surface area contributed by atoms with E-state index >= 15 is 0 Å². The van der Waals surface area contributed by atoms with Gasteiger partial charge < -0.3 is 10.2 Å². The van der Waals surface area contributed by atoms with Crippen LogP contribution < -0.4 is 10.6 Å². The summed E-state index contributed by atoms with van der Waals surface area (Å²) in [5.74, 6) is 0.118. The minimum atomic E-state index is -0.339. The Labute approximate surface area is 157 Å². The molecule has 1 aromatic heterocycles. The highest BCUT2D eigenvalue weighted by atomic mass is 32.1. The van der Waals surface area contributed by atoms with E-state index in [2.05, 4.69) is 15.6 Å². The summed E-state index contributed by atoms with van der Waals surface area (Å²) in [6.45, 7) is 3.67. The van der Waals surface area contributed by atoms with Crippen LogP contribution in [0.5, 0.6) is 0 Å². The molecular formula is C19H24N4O2S. The van der Waals surface area contributed by atoms with Crippen LogP contribution in [0.2, 0.25) is 0 Å². The first-order valence-electron chi connectivity index (χ1n) is 8.97. The molecule has 0 spiro atoms. The first-order valence-corrected chi connectivity index (χ1v) is 9.85. The van der Waals surface area contributed by atoms with E-state index in [4.69, 9.17) is 0 Å². The minimum Gasteiger partial charge on any atom is -0.342 e. The number of likely N-dealkylation sites (tertiary alicyclic amines) is 1. The summed E-state index contributed by atoms with van der Waals surface area (Å²) < 4.78 is 0. The van der Waals surface area contributed by atoms with Gasteiger partial charge in [0.25, 0.3) is 0 Å². The van der Waals surface area contributed by atoms with Gasteiger partial charge in [-0.2, -0.15) is 0 Å². The largest absolute Gasteiger partial charge is 0.342 e. The predicted octanol–water partition coefficient (Wildman–Crippen LogP) is 4.04. The topological polar surface area (TPSA) is 74.3 Å². The number of aryl methyl sites for hydroxylation is 1. The quantitative estimate of drug-likeness (QED) is 0.850. The van der Waals surface area contributed by atoms with Crippen LogP contribution >= 0.6 is 11.3 Å². The summed E-state index contributed by atoms with van der Waals surface area (Å²) in [5, 5.41) is 7.81. The van der Waals surface area contributed by atoms with E-state index in [-0.39, 0.29) is 18.4 Å². The molecule has 3 rings (SSSR count). The molecule has 3 amide bonds. The van der Waals surface area contributed by atoms with E-state index < -0.39 is 0 Å². The van der Waals surface area contributed by atoms with E-state index in [1.807, 2.05) is 41.5 Å². The van der Waals surface area contributed by atoms with Gasteiger partial charge in [0.1, 0.15) is 0 Å². The molecule has 0 atom stereocenters. The van der Waals surface area contributed by atoms with Crippen molar-refractivity contribution in [1.29, 1.82) is 0 Å². The van der Waals surface area contributed by atoms with Gasteiger partial charge in [-0.1, -0.05) is 30.5 Å². The number of anilines is 2. The Morgan fingerprint density at radius 3 is 2.46 bits per heavy atom. The highest BCUT2D eigenvalue weighted by molar-refractivity contribution is 7.14. The number of carbonyl (C=O) groups excluding carboxylic acids is 2. The molecule has 0 unspecified atom stereocenters. The second kappa shape index (κ2) is 8.80. The van der Waals surface area contributed by atoms with E-state index in [9.17, 15) is 9.59 Å². The van der Waals surface area contributed by atoms with E-state index in [0.29, 0.717) is 10.8 Å². The Morgan fingerprint density at radius 2 is 1.77 bits per heavy atom. The normalized spacial score (nSPS) is 14.6. The van der Waals surface area contributed by atoms with Crippen molar-refractivity contribution in [3.05, 3.63) is 40.9 Å². The molecule has 0 saturated carbocycles. The summed E-state index contributed by atoms with van der Waals surface area (Å²) in [7, 11) is 0. The molecule has 0 radical (unpaired) electrons. The van der Waals surface area contributed by atoms with Gasteiger partial charge in [-0.25, -0.2) is 9.78 Å². The van der Waals surface area contributed by atoms with Crippen LogP contribution in [-0.4, -0.2) is 34.9 Å². The average molecular weight is 372 g/mol. The second-order valence-corrected chi connectivity index (χ2v) is 7.42. The molecule has 1 aliphatic rings. The molecule has 1 aromatic carbocycles. The van der Waals surface area contributed by atoms with E-state index in [1.165, 1.54) is 24.2 Å². The number of nitrogens with one attached hydrogen (secondary N) is 2. The fourth-order valence-electron chi connectivity index (χ4n) is 2.93. The Kier molecular flexibility index (Phi) is 6.22. The summed E-state index contributed by atoms with van der Waals surface area (Å²) in [6.07, 6.45) is 4.84. The molecule has 1 saturated heterocycles. The third-order valence-electron chi connectivity index (χ3n) is 4.37. The zero-order valence-electron chi connectivity index (χ0n) is 15.0. The standard InChI is InChI=1S/C19H24N4O2S/c1-14-6-8-15(9-7-14)20-18(25)22-19-21-16(13-26-19)12-17(24)23-10-4-2-3-5-11-23/h6-9,13H,2-5,10-12H2,1H3,(H2,20,21,22,25). The number of thiazole rings is 1. The van der Waals surface area contributed by atoms with Crippen molar-refractivity contribution in [2.75, 3.05) is 23.7 Å². The number of carbonyl (C=O) groups is 2. The molecule has 7 heteroatoms. The highest BCUT2D eigenvalue weighted by Crippen LogP contribution is 2.18. The number of hydrogen-bond donors (Lipinski definition) is 2. The fraction of sp³-hybridized carbons (Fsp3) is 0.421. The molecule has 2 N–H and O–H groups in total. The lowest BCUT2D eigenvalue weighted by Crippen LogP contribution is -2.33. The van der Waals surface area contributed by atoms with Crippen LogP contribution in [0.25, 0.3) is 0 Å². The van der Waals surface area contributed by atoms with Gasteiger partial charge in [0.05, 0.1) is 12.1 Å². The van der Waals surface area contributed by atoms with Gasteiger partial charge in [-0.3, -0.25) is 10.1 Å². The van der Waals surface area contributed by atoms with Gasteiger partial charge in [-0.15, -0.1) is 11.3 Å². The first-order chi connectivity index (χ1) is 12.6. The van der Waals surface area contributed by atoms with Gasteiger partial charge in [0.2, 0.25) is 5.91 Å². The molecule has 0 bridgehead atoms. The van der Waals surface area contributed by atoms with Gasteiger partial charge in [0.15, 0.2) is 5.13 Å². The van der Waals surface area contributed by atoms with Crippen LogP contribution in [0.4, 0.5) is 15.6 Å². The summed E-state index contributed by atoms with van der Waals surface area (Å²) >= 11 is 1.33. The summed E-state index contributed by atoms with van der Waals surface area (Å²) in [6, 6.07) is 7.23. The van der Waals surface area contributed by atoms with Crippen LogP contribution in [0.3, 0.4) is 0 Å². The number of aromatic nitrogens is 1. The van der Waals surface area contributed by atoms with Crippen LogP contribution in [-0.2, 0) is 11.2 Å². The van der Waals surface area contributed by atoms with Crippen LogP contribution in [0.1, 0.15) is 36.9 Å². The number of benzene rings is 1. The molecule has 138 valence electrons. The zero-order chi connectivity index (χ0) is 18.4. The van der Waals surface area contributed by atoms with Crippen molar-refractivity contribution in [1.82, 2.24) is 9.88 Å². The third kappa shape index (κ3) is 5.29. The molecule has 1 fully saturated rings. The molecule has 2 aromatic rings. The maximum absolute atomic E-state index is 12.4. The lowest BCUT2D eigenvalue weighted by molar-refractivity contribution is -0.130. The summed E-state index contributed by atoms with van der Waals surface area (Å²) in [4.78, 5) is 30.8. The SMILES string of the molecule is Cc1ccc(NC(=O)Nc2nc(CC(=O)N3CCCCCC3)cs2)cc1. The van der Waals surface area contributed by atoms with Crippen molar-refractivity contribution in [2.45, 2.75) is 39.0 Å². The Morgan fingerprint density at radius 1 is 1.08 bits per heavy atom. The van der Waals surface area contributed by atoms with Crippen LogP contribution in [0.15, 0.2) is 29.6 Å². The maximum Gasteiger partial charge on any atom is 0.325 e. The molecule has 2 heterocycles.